The van der Waals surface area contributed by atoms with Crippen molar-refractivity contribution < 1.29 is 24.2 Å². The van der Waals surface area contributed by atoms with Crippen LogP contribution in [0.3, 0.4) is 0 Å². The lowest BCUT2D eigenvalue weighted by molar-refractivity contribution is 0.00288. The number of ether oxygens (including phenoxy) is 1. The highest BCUT2D eigenvalue weighted by atomic mass is 79.9. The molecule has 22 heavy (non-hydrogen) atoms. The molecule has 0 rings (SSSR count). The Kier molecular flexibility index (Phi) is 21.0. The van der Waals surface area contributed by atoms with Crippen LogP contribution in [0.5, 0.6) is 0 Å². The minimum absolute atomic E-state index is 0.194. The molecule has 0 spiro atoms. The maximum Gasteiger partial charge on any atom is 0.692 e. The van der Waals surface area contributed by atoms with Crippen LogP contribution in [0, 0.1) is 5.92 Å². The summed E-state index contributed by atoms with van der Waals surface area (Å²) in [5, 5.41) is 10.7. The van der Waals surface area contributed by atoms with Gasteiger partial charge in [0.1, 0.15) is 0 Å². The normalized spacial score (nSPS) is 16.2. The molecule has 0 aliphatic heterocycles. The van der Waals surface area contributed by atoms with Gasteiger partial charge in [-0.3, -0.25) is 0 Å². The molecular formula is C12H24Br4O5P+. The number of hydrogen-bond donors (Lipinski definition) is 3. The molecule has 4 unspecified atom stereocenters. The Morgan fingerprint density at radius 1 is 1.18 bits per heavy atom. The van der Waals surface area contributed by atoms with Crippen molar-refractivity contribution >= 4 is 72.0 Å². The van der Waals surface area contributed by atoms with Crippen LogP contribution in [0.4, 0.5) is 0 Å². The molecule has 0 saturated heterocycles. The van der Waals surface area contributed by atoms with Crippen molar-refractivity contribution in [3.63, 3.8) is 0 Å². The van der Waals surface area contributed by atoms with Crippen LogP contribution in [-0.2, 0) is 9.30 Å². The summed E-state index contributed by atoms with van der Waals surface area (Å²) in [4.78, 5) is 15.1. The van der Waals surface area contributed by atoms with E-state index in [9.17, 15) is 0 Å². The zero-order valence-electron chi connectivity index (χ0n) is 12.4. The van der Waals surface area contributed by atoms with Crippen molar-refractivity contribution in [2.75, 3.05) is 23.9 Å². The van der Waals surface area contributed by atoms with Crippen molar-refractivity contribution in [2.45, 2.75) is 41.9 Å². The highest BCUT2D eigenvalue weighted by molar-refractivity contribution is 9.12. The number of aliphatic hydroxyl groups excluding tert-OH is 1. The van der Waals surface area contributed by atoms with Gasteiger partial charge in [-0.1, -0.05) is 70.6 Å². The molecule has 5 nitrogen and oxygen atoms in total. The number of aliphatic hydroxyl groups is 1. The molecular weight excluding hydrogens is 575 g/mol. The lowest BCUT2D eigenvalue weighted by atomic mass is 9.92. The number of rotatable bonds is 11. The molecule has 134 valence electrons. The largest absolute Gasteiger partial charge is 0.692 e. The lowest BCUT2D eigenvalue weighted by Crippen LogP contribution is -2.34. The fourth-order valence-electron chi connectivity index (χ4n) is 1.85. The van der Waals surface area contributed by atoms with Crippen molar-refractivity contribution in [3.8, 4) is 0 Å². The van der Waals surface area contributed by atoms with Crippen LogP contribution < -0.4 is 0 Å². The third-order valence-corrected chi connectivity index (χ3v) is 7.74. The average Bonchev–Trinajstić information content (AvgIpc) is 2.48. The number of halogens is 4. The van der Waals surface area contributed by atoms with Crippen LogP contribution in [0.1, 0.15) is 26.2 Å². The van der Waals surface area contributed by atoms with Gasteiger partial charge in [-0.2, -0.15) is 0 Å². The van der Waals surface area contributed by atoms with E-state index in [-0.39, 0.29) is 12.7 Å². The second-order valence-electron chi connectivity index (χ2n) is 4.47. The minimum Gasteiger partial charge on any atom is -0.396 e. The van der Waals surface area contributed by atoms with Crippen molar-refractivity contribution in [1.29, 1.82) is 0 Å². The summed E-state index contributed by atoms with van der Waals surface area (Å²) < 4.78 is 14.6. The molecule has 0 amide bonds. The van der Waals surface area contributed by atoms with Gasteiger partial charge < -0.3 is 9.84 Å². The summed E-state index contributed by atoms with van der Waals surface area (Å²) in [7, 11) is -2.87. The van der Waals surface area contributed by atoms with Gasteiger partial charge in [0, 0.05) is 38.1 Å². The fourth-order valence-corrected chi connectivity index (χ4v) is 3.58. The summed E-state index contributed by atoms with van der Waals surface area (Å²) in [5.74, 6) is 0.454. The number of hydrogen-bond acceptors (Lipinski definition) is 3. The van der Waals surface area contributed by atoms with Crippen LogP contribution in [-0.4, -0.2) is 54.5 Å². The molecule has 0 aromatic rings. The monoisotopic (exact) mass is 595 g/mol. The van der Waals surface area contributed by atoms with Gasteiger partial charge in [-0.15, -0.1) is 9.79 Å². The van der Waals surface area contributed by atoms with Crippen molar-refractivity contribution in [3.05, 3.63) is 0 Å². The molecule has 0 fully saturated rings. The van der Waals surface area contributed by atoms with E-state index in [1.165, 1.54) is 0 Å². The molecule has 10 heteroatoms. The second-order valence-corrected chi connectivity index (χ2v) is 8.74. The molecule has 3 N–H and O–H groups in total. The third kappa shape index (κ3) is 15.4. The van der Waals surface area contributed by atoms with Gasteiger partial charge in [-0.25, -0.2) is 0 Å². The van der Waals surface area contributed by atoms with Crippen molar-refractivity contribution in [1.82, 2.24) is 0 Å². The Labute approximate surface area is 167 Å². The maximum absolute atomic E-state index is 8.82. The quantitative estimate of drug-likeness (QED) is 0.189. The van der Waals surface area contributed by atoms with E-state index in [4.69, 9.17) is 24.2 Å². The Morgan fingerprint density at radius 3 is 2.09 bits per heavy atom. The molecule has 0 heterocycles. The molecule has 0 bridgehead atoms. The smallest absolute Gasteiger partial charge is 0.396 e. The molecule has 4 atom stereocenters. The van der Waals surface area contributed by atoms with Gasteiger partial charge in [-0.05, 0) is 25.2 Å². The summed E-state index contributed by atoms with van der Waals surface area (Å²) in [6.07, 6.45) is 3.00. The highest BCUT2D eigenvalue weighted by Crippen LogP contribution is 2.30. The van der Waals surface area contributed by atoms with E-state index in [1.54, 1.807) is 0 Å². The van der Waals surface area contributed by atoms with Gasteiger partial charge >= 0.3 is 8.25 Å². The predicted molar refractivity (Wildman–Crippen MR) is 105 cm³/mol. The van der Waals surface area contributed by atoms with Crippen LogP contribution in [0.25, 0.3) is 0 Å². The van der Waals surface area contributed by atoms with Crippen LogP contribution >= 0.6 is 72.0 Å². The van der Waals surface area contributed by atoms with Crippen molar-refractivity contribution in [2.24, 2.45) is 5.92 Å². The van der Waals surface area contributed by atoms with Crippen LogP contribution in [0.15, 0.2) is 0 Å². The van der Waals surface area contributed by atoms with E-state index in [2.05, 4.69) is 70.6 Å². The zero-order valence-corrected chi connectivity index (χ0v) is 19.6. The van der Waals surface area contributed by atoms with E-state index in [0.29, 0.717) is 28.6 Å². The van der Waals surface area contributed by atoms with Gasteiger partial charge in [0.05, 0.1) is 6.10 Å². The minimum atomic E-state index is -2.87. The SMILES string of the molecule is CCC(OCCCO)C(CC(Br)CBr)C(Br)CBr.O=[P+](O)O. The predicted octanol–water partition coefficient (Wildman–Crippen LogP) is 4.12. The fraction of sp³-hybridized carbons (Fsp3) is 1.00. The molecule has 0 saturated carbocycles. The molecule has 0 aliphatic rings. The molecule has 0 aromatic carbocycles. The first kappa shape index (κ1) is 26.1. The van der Waals surface area contributed by atoms with Gasteiger partial charge in [0.2, 0.25) is 0 Å². The van der Waals surface area contributed by atoms with Gasteiger partial charge in [0.25, 0.3) is 0 Å². The Hall–Kier alpha value is 1.86. The Balaban J connectivity index is 0. The summed E-state index contributed by atoms with van der Waals surface area (Å²) in [6.45, 7) is 2.98. The highest BCUT2D eigenvalue weighted by Gasteiger charge is 2.28. The Bertz CT molecular complexity index is 272. The maximum atomic E-state index is 8.82. The van der Waals surface area contributed by atoms with E-state index in [0.717, 1.165) is 23.5 Å². The standard InChI is InChI=1S/C12H22Br4O2.HO3P/c1-2-12(18-5-3-4-17)10(11(16)8-14)6-9(15)7-13;1-4(2)3/h9-12,17H,2-8H2,1H3;(H-,1,2,3)/p+1. The van der Waals surface area contributed by atoms with E-state index >= 15 is 0 Å². The van der Waals surface area contributed by atoms with E-state index < -0.39 is 8.25 Å². The summed E-state index contributed by atoms with van der Waals surface area (Å²) in [5.41, 5.74) is 0. The first-order valence-corrected chi connectivity index (χ1v) is 12.0. The Morgan fingerprint density at radius 2 is 1.73 bits per heavy atom. The van der Waals surface area contributed by atoms with Gasteiger partial charge in [0.15, 0.2) is 0 Å². The molecule has 0 aromatic heterocycles. The number of alkyl halides is 4. The summed E-state index contributed by atoms with van der Waals surface area (Å²) >= 11 is 14.5. The topological polar surface area (TPSA) is 87.0 Å². The summed E-state index contributed by atoms with van der Waals surface area (Å²) in [6, 6.07) is 0. The average molecular weight is 599 g/mol. The zero-order chi connectivity index (χ0) is 17.5. The second kappa shape index (κ2) is 17.7. The lowest BCUT2D eigenvalue weighted by Gasteiger charge is -2.31. The van der Waals surface area contributed by atoms with E-state index in [1.807, 2.05) is 0 Å². The molecule has 0 radical (unpaired) electrons. The van der Waals surface area contributed by atoms with Crippen LogP contribution in [0.2, 0.25) is 0 Å². The molecule has 0 aliphatic carbocycles. The first-order valence-electron chi connectivity index (χ1n) is 6.81. The third-order valence-electron chi connectivity index (χ3n) is 2.82. The first-order chi connectivity index (χ1) is 10.3.